The summed E-state index contributed by atoms with van der Waals surface area (Å²) in [5.41, 5.74) is 5.12. The molecule has 0 aliphatic carbocycles. The Balaban J connectivity index is 5.48. The van der Waals surface area contributed by atoms with Crippen LogP contribution in [0.2, 0.25) is 0 Å². The molecule has 270 valence electrons. The van der Waals surface area contributed by atoms with Crippen LogP contribution in [0.25, 0.3) is 0 Å². The van der Waals surface area contributed by atoms with E-state index in [4.69, 9.17) is 15.9 Å². The molecule has 0 aliphatic rings. The first kappa shape index (κ1) is 42.7. The summed E-state index contributed by atoms with van der Waals surface area (Å²) in [7, 11) is 0. The van der Waals surface area contributed by atoms with Gasteiger partial charge < -0.3 is 53.2 Å². The van der Waals surface area contributed by atoms with Crippen molar-refractivity contribution in [3.63, 3.8) is 0 Å². The Morgan fingerprint density at radius 3 is 1.50 bits per heavy atom. The Hall–Kier alpha value is -5.30. The number of nitrogens with two attached hydrogens (primary N) is 1. The van der Waals surface area contributed by atoms with E-state index in [0.717, 1.165) is 0 Å². The smallest absolute Gasteiger partial charge is 0.305 e. The zero-order valence-corrected chi connectivity index (χ0v) is 27.6. The van der Waals surface area contributed by atoms with Crippen LogP contribution in [0, 0.1) is 5.92 Å². The molecule has 0 spiro atoms. The van der Waals surface area contributed by atoms with Crippen LogP contribution in [0.3, 0.4) is 0 Å². The normalized spacial score (nSPS) is 14.4. The fourth-order valence-corrected chi connectivity index (χ4v) is 3.93. The van der Waals surface area contributed by atoms with Crippen molar-refractivity contribution in [1.29, 1.82) is 0 Å². The van der Waals surface area contributed by atoms with E-state index in [1.54, 1.807) is 13.8 Å². The summed E-state index contributed by atoms with van der Waals surface area (Å²) < 4.78 is 0. The van der Waals surface area contributed by atoms with Crippen molar-refractivity contribution < 1.29 is 58.2 Å². The monoisotopic (exact) mass is 686 g/mol. The van der Waals surface area contributed by atoms with E-state index >= 15 is 0 Å². The minimum atomic E-state index is -1.54. The number of carbonyl (C=O) groups is 10. The van der Waals surface area contributed by atoms with Crippen LogP contribution in [0.5, 0.6) is 0 Å². The van der Waals surface area contributed by atoms with Crippen LogP contribution in [-0.4, -0.2) is 112 Å². The van der Waals surface area contributed by atoms with Gasteiger partial charge in [0.25, 0.3) is 0 Å². The van der Waals surface area contributed by atoms with Gasteiger partial charge >= 0.3 is 11.9 Å². The van der Waals surface area contributed by atoms with Crippen molar-refractivity contribution in [2.75, 3.05) is 6.54 Å². The third-order valence-corrected chi connectivity index (χ3v) is 6.42. The number of carboxylic acids is 2. The highest BCUT2D eigenvalue weighted by molar-refractivity contribution is 5.97. The number of carboxylic acid groups (broad SMARTS) is 2. The number of rotatable bonds is 21. The minimum absolute atomic E-state index is 0.0824. The number of amides is 8. The largest absolute Gasteiger partial charge is 0.481 e. The first-order valence-corrected chi connectivity index (χ1v) is 14.9. The summed E-state index contributed by atoms with van der Waals surface area (Å²) in [6.45, 7) is 7.97. The van der Waals surface area contributed by atoms with Gasteiger partial charge in [-0.25, -0.2) is 0 Å². The lowest BCUT2D eigenvalue weighted by atomic mass is 10.0. The SMILES string of the molecule is CC(=O)N[C@@H](C)C(=O)NCC(=O)N[C@@H](CCC(=O)O)C(=O)N[C@@H](C)C(=O)N[C@@H](CC(C)C)C(=O)N[C@@H](C)C(=O)N[C@@H](CC(=O)O)C(N)=O. The Morgan fingerprint density at radius 1 is 0.583 bits per heavy atom. The number of carbonyl (C=O) groups excluding carboxylic acids is 8. The zero-order chi connectivity index (χ0) is 37.3. The van der Waals surface area contributed by atoms with Gasteiger partial charge in [0.15, 0.2) is 0 Å². The van der Waals surface area contributed by atoms with Gasteiger partial charge in [-0.15, -0.1) is 0 Å². The lowest BCUT2D eigenvalue weighted by Gasteiger charge is -2.25. The fourth-order valence-electron chi connectivity index (χ4n) is 3.93. The topological polar surface area (TPSA) is 321 Å². The average Bonchev–Trinajstić information content (AvgIpc) is 2.95. The van der Waals surface area contributed by atoms with Gasteiger partial charge in [0.2, 0.25) is 47.3 Å². The first-order chi connectivity index (χ1) is 22.1. The van der Waals surface area contributed by atoms with Crippen LogP contribution in [-0.2, 0) is 47.9 Å². The van der Waals surface area contributed by atoms with Crippen molar-refractivity contribution in [2.24, 2.45) is 11.7 Å². The molecule has 0 bridgehead atoms. The highest BCUT2D eigenvalue weighted by atomic mass is 16.4. The maximum Gasteiger partial charge on any atom is 0.305 e. The van der Waals surface area contributed by atoms with Crippen molar-refractivity contribution >= 4 is 59.2 Å². The van der Waals surface area contributed by atoms with E-state index in [0.29, 0.717) is 0 Å². The minimum Gasteiger partial charge on any atom is -0.481 e. The van der Waals surface area contributed by atoms with Crippen LogP contribution in [0.1, 0.15) is 67.2 Å². The summed E-state index contributed by atoms with van der Waals surface area (Å²) in [5, 5.41) is 34.1. The second kappa shape index (κ2) is 20.7. The molecule has 0 aliphatic heterocycles. The Labute approximate surface area is 276 Å². The maximum atomic E-state index is 13.0. The van der Waals surface area contributed by atoms with Crippen LogP contribution in [0.4, 0.5) is 0 Å². The third kappa shape index (κ3) is 17.4. The van der Waals surface area contributed by atoms with Crippen LogP contribution < -0.4 is 43.0 Å². The Morgan fingerprint density at radius 2 is 1.06 bits per heavy atom. The molecule has 0 unspecified atom stereocenters. The molecule has 0 saturated carbocycles. The van der Waals surface area contributed by atoms with Crippen molar-refractivity contribution in [2.45, 2.75) is 103 Å². The van der Waals surface area contributed by atoms with E-state index in [2.05, 4.69) is 37.2 Å². The van der Waals surface area contributed by atoms with E-state index in [1.807, 2.05) is 0 Å². The third-order valence-electron chi connectivity index (χ3n) is 6.42. The molecule has 0 aromatic heterocycles. The van der Waals surface area contributed by atoms with Gasteiger partial charge in [0.1, 0.15) is 36.3 Å². The van der Waals surface area contributed by atoms with E-state index < -0.39 is 115 Å². The van der Waals surface area contributed by atoms with Gasteiger partial charge in [-0.3, -0.25) is 47.9 Å². The molecule has 20 heteroatoms. The molecule has 0 radical (unpaired) electrons. The number of hydrogen-bond acceptors (Lipinski definition) is 10. The summed E-state index contributed by atoms with van der Waals surface area (Å²) in [4.78, 5) is 121. The Kier molecular flexibility index (Phi) is 18.5. The molecule has 0 rings (SSSR count). The first-order valence-electron chi connectivity index (χ1n) is 14.9. The second-order valence-electron chi connectivity index (χ2n) is 11.4. The molecule has 0 aromatic rings. The molecule has 0 heterocycles. The average molecular weight is 687 g/mol. The quantitative estimate of drug-likeness (QED) is 0.0552. The van der Waals surface area contributed by atoms with Gasteiger partial charge in [0, 0.05) is 13.3 Å². The molecule has 0 saturated heterocycles. The van der Waals surface area contributed by atoms with E-state index in [9.17, 15) is 47.9 Å². The number of primary amides is 1. The lowest BCUT2D eigenvalue weighted by Crippen LogP contribution is -2.58. The van der Waals surface area contributed by atoms with Crippen molar-refractivity contribution in [3.05, 3.63) is 0 Å². The molecule has 8 amide bonds. The molecule has 20 nitrogen and oxygen atoms in total. The molecular weight excluding hydrogens is 640 g/mol. The molecule has 48 heavy (non-hydrogen) atoms. The predicted octanol–water partition coefficient (Wildman–Crippen LogP) is -4.04. The summed E-state index contributed by atoms with van der Waals surface area (Å²) in [5.74, 6) is -9.48. The zero-order valence-electron chi connectivity index (χ0n) is 27.6. The van der Waals surface area contributed by atoms with Crippen molar-refractivity contribution in [3.8, 4) is 0 Å². The van der Waals surface area contributed by atoms with E-state index in [1.165, 1.54) is 27.7 Å². The lowest BCUT2D eigenvalue weighted by molar-refractivity contribution is -0.140. The highest BCUT2D eigenvalue weighted by Gasteiger charge is 2.31. The molecule has 6 atom stereocenters. The number of aliphatic carboxylic acids is 2. The Bertz CT molecular complexity index is 1240. The standard InChI is InChI=1S/C28H46N8O12/c1-12(2)9-19(28(48)33-14(4)25(45)35-18(23(29)43)10-22(41)42)36-26(46)15(5)32-27(47)17(7-8-21(39)40)34-20(38)11-30-24(44)13(3)31-16(6)37/h12-15,17-19H,7-11H2,1-6H3,(H2,29,43)(H,30,44)(H,31,37)(H,32,47)(H,33,48)(H,34,38)(H,35,45)(H,36,46)(H,39,40)(H,41,42)/t13-,14-,15-,17-,18-,19-/m0/s1. The van der Waals surface area contributed by atoms with Crippen LogP contribution in [0.15, 0.2) is 0 Å². The number of hydrogen-bond donors (Lipinski definition) is 10. The van der Waals surface area contributed by atoms with E-state index in [-0.39, 0.29) is 18.8 Å². The van der Waals surface area contributed by atoms with Crippen molar-refractivity contribution in [1.82, 2.24) is 37.2 Å². The van der Waals surface area contributed by atoms with Gasteiger partial charge in [-0.2, -0.15) is 0 Å². The molecule has 0 aromatic carbocycles. The summed E-state index contributed by atoms with van der Waals surface area (Å²) in [6, 6.07) is -7.74. The van der Waals surface area contributed by atoms with Gasteiger partial charge in [0.05, 0.1) is 13.0 Å². The maximum absolute atomic E-state index is 13.0. The molecular formula is C28H46N8O12. The second-order valence-corrected chi connectivity index (χ2v) is 11.4. The summed E-state index contributed by atoms with van der Waals surface area (Å²) in [6.07, 6.45) is -1.62. The molecule has 11 N–H and O–H groups in total. The number of nitrogens with one attached hydrogen (secondary N) is 7. The predicted molar refractivity (Wildman–Crippen MR) is 165 cm³/mol. The molecule has 0 fully saturated rings. The fraction of sp³-hybridized carbons (Fsp3) is 0.643. The summed E-state index contributed by atoms with van der Waals surface area (Å²) >= 11 is 0. The van der Waals surface area contributed by atoms with Gasteiger partial charge in [-0.1, -0.05) is 13.8 Å². The highest BCUT2D eigenvalue weighted by Crippen LogP contribution is 2.07. The van der Waals surface area contributed by atoms with Crippen LogP contribution >= 0.6 is 0 Å². The van der Waals surface area contributed by atoms with Gasteiger partial charge in [-0.05, 0) is 39.5 Å².